The fourth-order valence-electron chi connectivity index (χ4n) is 0.756. The molecular formula is C7H12F3NO. The molecule has 0 bridgehead atoms. The number of carbonyl (C=O) groups excluding carboxylic acids is 1. The maximum absolute atomic E-state index is 11.5. The first kappa shape index (κ1) is 11.3. The predicted octanol–water partition coefficient (Wildman–Crippen LogP) is 2.20. The summed E-state index contributed by atoms with van der Waals surface area (Å²) >= 11 is 0. The number of unbranched alkanes of at least 4 members (excludes halogenated alkanes) is 2. The van der Waals surface area contributed by atoms with Crippen molar-refractivity contribution in [2.24, 2.45) is 0 Å². The number of hydrogen-bond acceptors (Lipinski definition) is 1. The third-order valence-corrected chi connectivity index (χ3v) is 1.29. The highest BCUT2D eigenvalue weighted by Crippen LogP contribution is 2.10. The summed E-state index contributed by atoms with van der Waals surface area (Å²) in [5.41, 5.74) is 0. The molecule has 0 aliphatic carbocycles. The molecule has 1 N–H and O–H groups in total. The molecule has 2 nitrogen and oxygen atoms in total. The molecule has 0 unspecified atom stereocenters. The first-order valence-electron chi connectivity index (χ1n) is 3.83. The molecule has 0 aliphatic rings. The lowest BCUT2D eigenvalue weighted by Gasteiger charge is -2.07. The Morgan fingerprint density at radius 3 is 2.33 bits per heavy atom. The molecule has 12 heavy (non-hydrogen) atoms. The first-order valence-corrected chi connectivity index (χ1v) is 3.83. The van der Waals surface area contributed by atoms with Gasteiger partial charge in [0.15, 0.2) is 0 Å². The molecule has 0 radical (unpaired) electrons. The molecule has 0 rings (SSSR count). The van der Waals surface area contributed by atoms with E-state index in [0.29, 0.717) is 6.42 Å². The number of alkyl halides is 3. The second-order valence-electron chi connectivity index (χ2n) is 2.50. The third-order valence-electron chi connectivity index (χ3n) is 1.29. The van der Waals surface area contributed by atoms with E-state index in [9.17, 15) is 18.0 Å². The van der Waals surface area contributed by atoms with Crippen molar-refractivity contribution in [3.8, 4) is 0 Å². The van der Waals surface area contributed by atoms with Gasteiger partial charge in [-0.25, -0.2) is 0 Å². The van der Waals surface area contributed by atoms with E-state index in [2.05, 4.69) is 0 Å². The number of carbonyl (C=O) groups is 1. The molecule has 72 valence electrons. The Labute approximate surface area is 69.1 Å². The van der Waals surface area contributed by atoms with Gasteiger partial charge in [-0.15, -0.1) is 0 Å². The summed E-state index contributed by atoms with van der Waals surface area (Å²) in [4.78, 5) is 10.5. The summed E-state index contributed by atoms with van der Waals surface area (Å²) in [7, 11) is 0. The zero-order chi connectivity index (χ0) is 9.61. The van der Waals surface area contributed by atoms with Gasteiger partial charge >= 0.3 is 6.30 Å². The van der Waals surface area contributed by atoms with Gasteiger partial charge in [0.25, 0.3) is 0 Å². The molecule has 0 fully saturated rings. The highest BCUT2D eigenvalue weighted by Gasteiger charge is 2.29. The van der Waals surface area contributed by atoms with Crippen LogP contribution in [-0.4, -0.2) is 12.2 Å². The van der Waals surface area contributed by atoms with E-state index in [4.69, 9.17) is 0 Å². The van der Waals surface area contributed by atoms with Crippen LogP contribution < -0.4 is 5.32 Å². The van der Waals surface area contributed by atoms with E-state index in [-0.39, 0.29) is 6.42 Å². The Morgan fingerprint density at radius 2 is 1.92 bits per heavy atom. The summed E-state index contributed by atoms with van der Waals surface area (Å²) in [6.07, 6.45) is -2.44. The molecule has 0 aromatic heterocycles. The molecule has 0 aromatic carbocycles. The fraction of sp³-hybridized carbons (Fsp3) is 0.857. The fourth-order valence-corrected chi connectivity index (χ4v) is 0.756. The van der Waals surface area contributed by atoms with Crippen molar-refractivity contribution in [1.82, 2.24) is 5.32 Å². The van der Waals surface area contributed by atoms with E-state index in [0.717, 1.165) is 18.2 Å². The van der Waals surface area contributed by atoms with Crippen molar-refractivity contribution in [3.63, 3.8) is 0 Å². The Hall–Kier alpha value is -0.740. The quantitative estimate of drug-likeness (QED) is 0.525. The van der Waals surface area contributed by atoms with Crippen LogP contribution in [0.15, 0.2) is 0 Å². The van der Waals surface area contributed by atoms with Crippen LogP contribution in [0.25, 0.3) is 0 Å². The van der Waals surface area contributed by atoms with Crippen molar-refractivity contribution in [2.45, 2.75) is 38.9 Å². The number of nitrogens with one attached hydrogen (secondary N) is 1. The summed E-state index contributed by atoms with van der Waals surface area (Å²) in [5.74, 6) is -0.948. The summed E-state index contributed by atoms with van der Waals surface area (Å²) in [6, 6.07) is 0. The summed E-state index contributed by atoms with van der Waals surface area (Å²) < 4.78 is 34.4. The van der Waals surface area contributed by atoms with Crippen LogP contribution in [-0.2, 0) is 4.79 Å². The summed E-state index contributed by atoms with van der Waals surface area (Å²) in [6.45, 7) is 1.92. The number of hydrogen-bond donors (Lipinski definition) is 1. The van der Waals surface area contributed by atoms with Crippen LogP contribution in [0.2, 0.25) is 0 Å². The van der Waals surface area contributed by atoms with Crippen LogP contribution >= 0.6 is 0 Å². The Balaban J connectivity index is 3.47. The van der Waals surface area contributed by atoms with Gasteiger partial charge in [0.2, 0.25) is 5.91 Å². The Bertz CT molecular complexity index is 144. The lowest BCUT2D eigenvalue weighted by atomic mass is 10.2. The predicted molar refractivity (Wildman–Crippen MR) is 38.3 cm³/mol. The zero-order valence-corrected chi connectivity index (χ0v) is 6.87. The normalized spacial score (nSPS) is 11.3. The topological polar surface area (TPSA) is 29.1 Å². The zero-order valence-electron chi connectivity index (χ0n) is 6.87. The Kier molecular flexibility index (Phi) is 4.70. The van der Waals surface area contributed by atoms with Crippen molar-refractivity contribution in [2.75, 3.05) is 0 Å². The van der Waals surface area contributed by atoms with E-state index in [1.807, 2.05) is 6.92 Å². The SMILES string of the molecule is CCCCCC(=O)NC(F)(F)F. The smallest absolute Gasteiger partial charge is 0.275 e. The maximum Gasteiger partial charge on any atom is 0.484 e. The minimum atomic E-state index is -4.58. The molecule has 0 atom stereocenters. The van der Waals surface area contributed by atoms with Crippen LogP contribution in [0.1, 0.15) is 32.6 Å². The van der Waals surface area contributed by atoms with E-state index >= 15 is 0 Å². The van der Waals surface area contributed by atoms with Gasteiger partial charge in [-0.2, -0.15) is 13.2 Å². The van der Waals surface area contributed by atoms with Gasteiger partial charge in [0, 0.05) is 6.42 Å². The van der Waals surface area contributed by atoms with Gasteiger partial charge in [0.1, 0.15) is 0 Å². The van der Waals surface area contributed by atoms with Gasteiger partial charge < -0.3 is 0 Å². The van der Waals surface area contributed by atoms with Crippen LogP contribution in [0.3, 0.4) is 0 Å². The molecule has 0 spiro atoms. The second kappa shape index (κ2) is 5.00. The van der Waals surface area contributed by atoms with Crippen LogP contribution in [0.5, 0.6) is 0 Å². The molecule has 1 amide bonds. The molecular weight excluding hydrogens is 171 g/mol. The molecule has 0 saturated carbocycles. The summed E-state index contributed by atoms with van der Waals surface area (Å²) in [5, 5.41) is 0.939. The van der Waals surface area contributed by atoms with E-state index < -0.39 is 12.2 Å². The number of halogens is 3. The minimum absolute atomic E-state index is 0.0483. The highest BCUT2D eigenvalue weighted by molar-refractivity contribution is 5.76. The third kappa shape index (κ3) is 7.37. The van der Waals surface area contributed by atoms with Gasteiger partial charge in [-0.1, -0.05) is 19.8 Å². The van der Waals surface area contributed by atoms with Crippen molar-refractivity contribution >= 4 is 5.91 Å². The van der Waals surface area contributed by atoms with Crippen molar-refractivity contribution in [3.05, 3.63) is 0 Å². The lowest BCUT2D eigenvalue weighted by molar-refractivity contribution is -0.169. The molecule has 0 aliphatic heterocycles. The van der Waals surface area contributed by atoms with Gasteiger partial charge in [-0.05, 0) is 6.42 Å². The lowest BCUT2D eigenvalue weighted by Crippen LogP contribution is -2.36. The van der Waals surface area contributed by atoms with Crippen LogP contribution in [0.4, 0.5) is 13.2 Å². The van der Waals surface area contributed by atoms with Crippen molar-refractivity contribution in [1.29, 1.82) is 0 Å². The van der Waals surface area contributed by atoms with Gasteiger partial charge in [-0.3, -0.25) is 10.1 Å². The van der Waals surface area contributed by atoms with Crippen LogP contribution in [0, 0.1) is 0 Å². The highest BCUT2D eigenvalue weighted by atomic mass is 19.4. The standard InChI is InChI=1S/C7H12F3NO/c1-2-3-4-5-6(12)11-7(8,9)10/h2-5H2,1H3,(H,11,12). The second-order valence-corrected chi connectivity index (χ2v) is 2.50. The molecule has 0 saturated heterocycles. The van der Waals surface area contributed by atoms with E-state index in [1.165, 1.54) is 0 Å². The average Bonchev–Trinajstić information content (AvgIpc) is 1.84. The number of rotatable bonds is 4. The van der Waals surface area contributed by atoms with E-state index in [1.54, 1.807) is 0 Å². The first-order chi connectivity index (χ1) is 5.45. The largest absolute Gasteiger partial charge is 0.484 e. The monoisotopic (exact) mass is 183 g/mol. The van der Waals surface area contributed by atoms with Crippen molar-refractivity contribution < 1.29 is 18.0 Å². The molecule has 5 heteroatoms. The average molecular weight is 183 g/mol. The van der Waals surface area contributed by atoms with Gasteiger partial charge in [0.05, 0.1) is 0 Å². The molecule has 0 heterocycles. The Morgan fingerprint density at radius 1 is 1.33 bits per heavy atom. The minimum Gasteiger partial charge on any atom is -0.275 e. The molecule has 0 aromatic rings. The maximum atomic E-state index is 11.5. The number of amides is 1.